The van der Waals surface area contributed by atoms with Gasteiger partial charge in [0, 0.05) is 24.5 Å². The fourth-order valence-electron chi connectivity index (χ4n) is 3.21. The Hall–Kier alpha value is -3.20. The number of fused-ring (bicyclic) bond motifs is 1. The molecule has 0 atom stereocenters. The first kappa shape index (κ1) is 18.6. The highest BCUT2D eigenvalue weighted by molar-refractivity contribution is 6.64. The normalized spacial score (nSPS) is 12.7. The monoisotopic (exact) mass is 358 g/mol. The molecule has 2 amide bonds. The lowest BCUT2D eigenvalue weighted by Gasteiger charge is -2.13. The van der Waals surface area contributed by atoms with Gasteiger partial charge in [0.25, 0.3) is 18.5 Å². The maximum Gasteiger partial charge on any atom is 0.269 e. The average molecular weight is 358 g/mol. The number of rotatable bonds is 7. The fraction of sp³-hybridized carbons (Fsp3) is 0.238. The topological polar surface area (TPSA) is 78.2 Å². The first-order valence-corrected chi connectivity index (χ1v) is 8.98. The minimum absolute atomic E-state index is 0.0218. The number of carbonyl (C=O) groups excluding carboxylic acids is 3. The Morgan fingerprint density at radius 3 is 2.19 bits per heavy atom. The number of nitrogens with zero attached hydrogens (tertiary/aromatic N) is 2. The standard InChI is InChI=1S/C21H19BN2O3/c1-22(14-23)13-15-8-10-16(11-9-15)19(25)7-4-12-24-20(26)17-5-2-3-6-18(17)21(24)27/h2-3,5-6,8-11H,4,7,12-13H2,1H3. The van der Waals surface area contributed by atoms with Crippen LogP contribution in [0.25, 0.3) is 0 Å². The van der Waals surface area contributed by atoms with Crippen LogP contribution >= 0.6 is 0 Å². The summed E-state index contributed by atoms with van der Waals surface area (Å²) in [5, 5.41) is 8.86. The number of nitriles is 1. The van der Waals surface area contributed by atoms with E-state index in [0.717, 1.165) is 5.56 Å². The number of hydrogen-bond donors (Lipinski definition) is 0. The lowest BCUT2D eigenvalue weighted by Crippen LogP contribution is -2.31. The molecule has 0 aromatic heterocycles. The third-order valence-corrected chi connectivity index (χ3v) is 4.70. The SMILES string of the molecule is CB(C#N)Cc1ccc(C(=O)CCCN2C(=O)c3ccccc3C2=O)cc1. The second-order valence-electron chi connectivity index (χ2n) is 6.77. The molecule has 5 nitrogen and oxygen atoms in total. The van der Waals surface area contributed by atoms with E-state index >= 15 is 0 Å². The molecule has 3 rings (SSSR count). The van der Waals surface area contributed by atoms with Crippen molar-refractivity contribution < 1.29 is 14.4 Å². The Morgan fingerprint density at radius 1 is 1.04 bits per heavy atom. The average Bonchev–Trinajstić information content (AvgIpc) is 2.93. The van der Waals surface area contributed by atoms with Crippen molar-refractivity contribution in [2.45, 2.75) is 26.0 Å². The van der Waals surface area contributed by atoms with Crippen molar-refractivity contribution in [2.75, 3.05) is 6.54 Å². The molecule has 0 saturated heterocycles. The van der Waals surface area contributed by atoms with Crippen LogP contribution in [0.5, 0.6) is 0 Å². The van der Waals surface area contributed by atoms with Gasteiger partial charge in [-0.3, -0.25) is 19.3 Å². The van der Waals surface area contributed by atoms with Crippen molar-refractivity contribution in [2.24, 2.45) is 0 Å². The molecule has 1 aliphatic rings. The van der Waals surface area contributed by atoms with E-state index in [-0.39, 0.29) is 37.3 Å². The molecule has 2 aromatic carbocycles. The maximum absolute atomic E-state index is 12.3. The Labute approximate surface area is 158 Å². The van der Waals surface area contributed by atoms with Gasteiger partial charge in [-0.1, -0.05) is 48.8 Å². The molecule has 2 aromatic rings. The van der Waals surface area contributed by atoms with E-state index in [4.69, 9.17) is 5.26 Å². The Kier molecular flexibility index (Phi) is 5.51. The number of Topliss-reactive ketones (excluding diaryl/α,β-unsaturated/α-hetero) is 1. The fourth-order valence-corrected chi connectivity index (χ4v) is 3.21. The van der Waals surface area contributed by atoms with E-state index in [0.29, 0.717) is 29.4 Å². The molecule has 0 saturated carbocycles. The Morgan fingerprint density at radius 2 is 1.63 bits per heavy atom. The van der Waals surface area contributed by atoms with Crippen LogP contribution in [0.1, 0.15) is 49.5 Å². The van der Waals surface area contributed by atoms with Crippen LogP contribution < -0.4 is 0 Å². The van der Waals surface area contributed by atoms with Gasteiger partial charge in [0.1, 0.15) is 0 Å². The number of ketones is 1. The van der Waals surface area contributed by atoms with Gasteiger partial charge < -0.3 is 0 Å². The van der Waals surface area contributed by atoms with Crippen molar-refractivity contribution in [3.63, 3.8) is 0 Å². The molecule has 0 spiro atoms. The molecule has 0 unspecified atom stereocenters. The van der Waals surface area contributed by atoms with Crippen LogP contribution in [-0.2, 0) is 6.32 Å². The van der Waals surface area contributed by atoms with Gasteiger partial charge in [0.05, 0.1) is 11.1 Å². The van der Waals surface area contributed by atoms with E-state index in [1.807, 2.05) is 19.0 Å². The van der Waals surface area contributed by atoms with Gasteiger partial charge in [-0.05, 0) is 24.9 Å². The third kappa shape index (κ3) is 3.98. The molecule has 0 radical (unpaired) electrons. The summed E-state index contributed by atoms with van der Waals surface area (Å²) in [7, 11) is 0. The summed E-state index contributed by atoms with van der Waals surface area (Å²) >= 11 is 0. The van der Waals surface area contributed by atoms with E-state index < -0.39 is 0 Å². The van der Waals surface area contributed by atoms with Crippen molar-refractivity contribution in [3.8, 4) is 5.97 Å². The van der Waals surface area contributed by atoms with Gasteiger partial charge in [0.15, 0.2) is 5.78 Å². The number of benzene rings is 2. The zero-order valence-electron chi connectivity index (χ0n) is 15.1. The van der Waals surface area contributed by atoms with Crippen LogP contribution in [0.4, 0.5) is 0 Å². The molecule has 0 N–H and O–H groups in total. The first-order valence-electron chi connectivity index (χ1n) is 8.98. The van der Waals surface area contributed by atoms with Crippen LogP contribution in [-0.4, -0.2) is 35.8 Å². The summed E-state index contributed by atoms with van der Waals surface area (Å²) in [4.78, 5) is 38.2. The van der Waals surface area contributed by atoms with E-state index in [9.17, 15) is 14.4 Å². The Bertz CT molecular complexity index is 896. The molecular formula is C21H19BN2O3. The van der Waals surface area contributed by atoms with Gasteiger partial charge >= 0.3 is 0 Å². The van der Waals surface area contributed by atoms with Crippen molar-refractivity contribution in [1.82, 2.24) is 4.90 Å². The lowest BCUT2D eigenvalue weighted by atomic mass is 9.50. The van der Waals surface area contributed by atoms with Gasteiger partial charge in [0.2, 0.25) is 0 Å². The molecule has 134 valence electrons. The van der Waals surface area contributed by atoms with E-state index in [1.165, 1.54) is 4.90 Å². The van der Waals surface area contributed by atoms with Gasteiger partial charge in [-0.2, -0.15) is 0 Å². The van der Waals surface area contributed by atoms with Gasteiger partial charge in [-0.15, -0.1) is 0 Å². The lowest BCUT2D eigenvalue weighted by molar-refractivity contribution is 0.0647. The van der Waals surface area contributed by atoms with Crippen LogP contribution in [0.2, 0.25) is 6.82 Å². The molecule has 0 aliphatic carbocycles. The van der Waals surface area contributed by atoms with Crippen molar-refractivity contribution >= 4 is 24.3 Å². The molecule has 6 heteroatoms. The maximum atomic E-state index is 12.3. The number of carbonyl (C=O) groups is 3. The third-order valence-electron chi connectivity index (χ3n) is 4.70. The van der Waals surface area contributed by atoms with Crippen molar-refractivity contribution in [3.05, 3.63) is 70.8 Å². The molecule has 1 aliphatic heterocycles. The summed E-state index contributed by atoms with van der Waals surface area (Å²) in [6.45, 7) is 2.03. The van der Waals surface area contributed by atoms with Crippen LogP contribution in [0, 0.1) is 11.2 Å². The molecule has 0 bridgehead atoms. The summed E-state index contributed by atoms with van der Waals surface area (Å²) in [5.74, 6) is 1.59. The first-order chi connectivity index (χ1) is 13.0. The highest BCUT2D eigenvalue weighted by Crippen LogP contribution is 2.22. The molecule has 27 heavy (non-hydrogen) atoms. The van der Waals surface area contributed by atoms with E-state index in [2.05, 4.69) is 5.97 Å². The number of hydrogen-bond acceptors (Lipinski definition) is 4. The van der Waals surface area contributed by atoms with Crippen LogP contribution in [0.3, 0.4) is 0 Å². The Balaban J connectivity index is 1.54. The largest absolute Gasteiger partial charge is 0.294 e. The highest BCUT2D eigenvalue weighted by Gasteiger charge is 2.34. The zero-order chi connectivity index (χ0) is 19.4. The highest BCUT2D eigenvalue weighted by atomic mass is 16.2. The minimum Gasteiger partial charge on any atom is -0.294 e. The smallest absolute Gasteiger partial charge is 0.269 e. The summed E-state index contributed by atoms with van der Waals surface area (Å²) in [6.07, 6.45) is 1.35. The number of imide groups is 1. The molecular weight excluding hydrogens is 339 g/mol. The second kappa shape index (κ2) is 8.00. The molecule has 0 fully saturated rings. The second-order valence-corrected chi connectivity index (χ2v) is 6.77. The summed E-state index contributed by atoms with van der Waals surface area (Å²) in [6, 6.07) is 14.0. The van der Waals surface area contributed by atoms with Crippen molar-refractivity contribution in [1.29, 1.82) is 5.26 Å². The zero-order valence-corrected chi connectivity index (χ0v) is 15.1. The van der Waals surface area contributed by atoms with Gasteiger partial charge in [-0.25, -0.2) is 5.26 Å². The van der Waals surface area contributed by atoms with E-state index in [1.54, 1.807) is 36.4 Å². The molecule has 1 heterocycles. The van der Waals surface area contributed by atoms with Crippen LogP contribution in [0.15, 0.2) is 48.5 Å². The number of amides is 2. The quantitative estimate of drug-likeness (QED) is 0.433. The predicted molar refractivity (Wildman–Crippen MR) is 103 cm³/mol. The summed E-state index contributed by atoms with van der Waals surface area (Å²) in [5.41, 5.74) is 2.48. The summed E-state index contributed by atoms with van der Waals surface area (Å²) < 4.78 is 0. The predicted octanol–water partition coefficient (Wildman–Crippen LogP) is 3.21. The minimum atomic E-state index is -0.293.